The molecule has 2 aliphatic carbocycles. The van der Waals surface area contributed by atoms with E-state index in [1.807, 2.05) is 0 Å². The number of rotatable bonds is 1. The molecular weight excluding hydrogens is 176 g/mol. The maximum Gasteiger partial charge on any atom is 0.137 e. The number of aliphatic hydroxyl groups is 1. The van der Waals surface area contributed by atoms with Crippen LogP contribution < -0.4 is 0 Å². The summed E-state index contributed by atoms with van der Waals surface area (Å²) in [5, 5.41) is 9.23. The highest BCUT2D eigenvalue weighted by Gasteiger charge is 2.41. The molecule has 0 aromatic rings. The molecule has 2 rings (SSSR count). The third-order valence-electron chi connectivity index (χ3n) is 3.84. The molecule has 2 heteroatoms. The molecule has 1 fully saturated rings. The zero-order valence-corrected chi connectivity index (χ0v) is 8.70. The van der Waals surface area contributed by atoms with Gasteiger partial charge in [-0.1, -0.05) is 11.6 Å². The van der Waals surface area contributed by atoms with Crippen molar-refractivity contribution in [1.29, 1.82) is 0 Å². The van der Waals surface area contributed by atoms with Gasteiger partial charge in [-0.05, 0) is 38.0 Å². The van der Waals surface area contributed by atoms with Crippen molar-refractivity contribution < 1.29 is 9.90 Å². The Morgan fingerprint density at radius 1 is 1.50 bits per heavy atom. The zero-order chi connectivity index (χ0) is 10.1. The fourth-order valence-corrected chi connectivity index (χ4v) is 3.04. The summed E-state index contributed by atoms with van der Waals surface area (Å²) >= 11 is 0. The van der Waals surface area contributed by atoms with E-state index in [1.54, 1.807) is 0 Å². The Hall–Kier alpha value is -0.630. The Kier molecular flexibility index (Phi) is 2.73. The fourth-order valence-electron chi connectivity index (χ4n) is 3.04. The van der Waals surface area contributed by atoms with Gasteiger partial charge in [0, 0.05) is 18.9 Å². The van der Waals surface area contributed by atoms with Crippen molar-refractivity contribution >= 4 is 5.78 Å². The number of Topliss-reactive ketones (excluding diaryl/α,β-unsaturated/α-hetero) is 1. The smallest absolute Gasteiger partial charge is 0.137 e. The van der Waals surface area contributed by atoms with E-state index in [0.717, 1.165) is 19.3 Å². The summed E-state index contributed by atoms with van der Waals surface area (Å²) in [5.41, 5.74) is 1.37. The van der Waals surface area contributed by atoms with E-state index in [1.165, 1.54) is 5.57 Å². The minimum absolute atomic E-state index is 0.124. The van der Waals surface area contributed by atoms with Crippen LogP contribution in [0.5, 0.6) is 0 Å². The summed E-state index contributed by atoms with van der Waals surface area (Å²) in [6, 6.07) is 0. The van der Waals surface area contributed by atoms with E-state index in [9.17, 15) is 9.90 Å². The van der Waals surface area contributed by atoms with Crippen molar-refractivity contribution in [3.05, 3.63) is 11.6 Å². The van der Waals surface area contributed by atoms with Gasteiger partial charge < -0.3 is 5.11 Å². The maximum atomic E-state index is 11.9. The molecule has 0 radical (unpaired) electrons. The van der Waals surface area contributed by atoms with E-state index in [-0.39, 0.29) is 18.4 Å². The van der Waals surface area contributed by atoms with Crippen molar-refractivity contribution in [3.8, 4) is 0 Å². The third kappa shape index (κ3) is 1.52. The van der Waals surface area contributed by atoms with Crippen molar-refractivity contribution in [3.63, 3.8) is 0 Å². The van der Waals surface area contributed by atoms with Crippen LogP contribution in [0.25, 0.3) is 0 Å². The maximum absolute atomic E-state index is 11.9. The Morgan fingerprint density at radius 3 is 3.00 bits per heavy atom. The average molecular weight is 194 g/mol. The highest BCUT2D eigenvalue weighted by molar-refractivity contribution is 5.83. The minimum Gasteiger partial charge on any atom is -0.396 e. The molecule has 3 atom stereocenters. The number of carbonyl (C=O) groups is 1. The number of ketones is 1. The topological polar surface area (TPSA) is 37.3 Å². The van der Waals surface area contributed by atoms with Crippen LogP contribution in [0.2, 0.25) is 0 Å². The molecule has 0 aromatic heterocycles. The summed E-state index contributed by atoms with van der Waals surface area (Å²) < 4.78 is 0. The van der Waals surface area contributed by atoms with Gasteiger partial charge in [0.05, 0.1) is 0 Å². The van der Waals surface area contributed by atoms with E-state index in [0.29, 0.717) is 18.1 Å². The quantitative estimate of drug-likeness (QED) is 0.648. The SMILES string of the molecule is CC1=CCCC(=O)[C@@H]2[C@H](CO)CC[C@H]12. The van der Waals surface area contributed by atoms with Crippen LogP contribution >= 0.6 is 0 Å². The first kappa shape index (κ1) is 9.91. The lowest BCUT2D eigenvalue weighted by Gasteiger charge is -2.21. The Labute approximate surface area is 85.0 Å². The molecule has 0 unspecified atom stereocenters. The molecule has 14 heavy (non-hydrogen) atoms. The van der Waals surface area contributed by atoms with E-state index in [2.05, 4.69) is 13.0 Å². The predicted octanol–water partition coefficient (Wildman–Crippen LogP) is 1.93. The molecular formula is C12H18O2. The van der Waals surface area contributed by atoms with Gasteiger partial charge in [0.15, 0.2) is 0 Å². The van der Waals surface area contributed by atoms with E-state index >= 15 is 0 Å². The summed E-state index contributed by atoms with van der Waals surface area (Å²) in [7, 11) is 0. The number of hydrogen-bond acceptors (Lipinski definition) is 2. The lowest BCUT2D eigenvalue weighted by Crippen LogP contribution is -2.26. The van der Waals surface area contributed by atoms with Crippen molar-refractivity contribution in [1.82, 2.24) is 0 Å². The zero-order valence-electron chi connectivity index (χ0n) is 8.70. The molecule has 0 saturated heterocycles. The number of hydrogen-bond donors (Lipinski definition) is 1. The Bertz CT molecular complexity index is 267. The van der Waals surface area contributed by atoms with Crippen LogP contribution in [-0.2, 0) is 4.79 Å². The second-order valence-electron chi connectivity index (χ2n) is 4.61. The van der Waals surface area contributed by atoms with Crippen LogP contribution in [0.4, 0.5) is 0 Å². The van der Waals surface area contributed by atoms with Gasteiger partial charge in [0.1, 0.15) is 5.78 Å². The predicted molar refractivity (Wildman–Crippen MR) is 54.8 cm³/mol. The van der Waals surface area contributed by atoms with E-state index < -0.39 is 0 Å². The van der Waals surface area contributed by atoms with Gasteiger partial charge in [-0.2, -0.15) is 0 Å². The summed E-state index contributed by atoms with van der Waals surface area (Å²) in [6.07, 6.45) is 5.89. The van der Waals surface area contributed by atoms with Crippen LogP contribution in [0.3, 0.4) is 0 Å². The molecule has 0 aliphatic heterocycles. The third-order valence-corrected chi connectivity index (χ3v) is 3.84. The number of carbonyl (C=O) groups excluding carboxylic acids is 1. The summed E-state index contributed by atoms with van der Waals surface area (Å²) in [6.45, 7) is 2.32. The molecule has 1 saturated carbocycles. The molecule has 0 heterocycles. The van der Waals surface area contributed by atoms with Crippen LogP contribution in [0.1, 0.15) is 32.6 Å². The monoisotopic (exact) mass is 194 g/mol. The molecule has 0 bridgehead atoms. The second-order valence-corrected chi connectivity index (χ2v) is 4.61. The molecule has 2 aliphatic rings. The van der Waals surface area contributed by atoms with Crippen molar-refractivity contribution in [2.75, 3.05) is 6.61 Å². The van der Waals surface area contributed by atoms with Gasteiger partial charge in [0.25, 0.3) is 0 Å². The van der Waals surface area contributed by atoms with Crippen LogP contribution in [0, 0.1) is 17.8 Å². The molecule has 0 aromatic carbocycles. The molecule has 78 valence electrons. The highest BCUT2D eigenvalue weighted by Crippen LogP contribution is 2.43. The largest absolute Gasteiger partial charge is 0.396 e. The van der Waals surface area contributed by atoms with Crippen LogP contribution in [0.15, 0.2) is 11.6 Å². The highest BCUT2D eigenvalue weighted by atomic mass is 16.3. The van der Waals surface area contributed by atoms with Crippen molar-refractivity contribution in [2.24, 2.45) is 17.8 Å². The summed E-state index contributed by atoms with van der Waals surface area (Å²) in [4.78, 5) is 11.9. The number of aliphatic hydroxyl groups excluding tert-OH is 1. The fraction of sp³-hybridized carbons (Fsp3) is 0.750. The Morgan fingerprint density at radius 2 is 2.29 bits per heavy atom. The summed E-state index contributed by atoms with van der Waals surface area (Å²) in [5.74, 6) is 1.16. The molecule has 2 nitrogen and oxygen atoms in total. The first-order valence-corrected chi connectivity index (χ1v) is 5.54. The average Bonchev–Trinajstić information content (AvgIpc) is 2.55. The minimum atomic E-state index is 0.124. The molecule has 0 amide bonds. The van der Waals surface area contributed by atoms with E-state index in [4.69, 9.17) is 0 Å². The van der Waals surface area contributed by atoms with Crippen LogP contribution in [-0.4, -0.2) is 17.5 Å². The van der Waals surface area contributed by atoms with Gasteiger partial charge in [0.2, 0.25) is 0 Å². The molecule has 1 N–H and O–H groups in total. The number of fused-ring (bicyclic) bond motifs is 1. The van der Waals surface area contributed by atoms with Gasteiger partial charge in [-0.3, -0.25) is 4.79 Å². The second kappa shape index (κ2) is 3.85. The normalized spacial score (nSPS) is 37.7. The lowest BCUT2D eigenvalue weighted by atomic mass is 9.83. The Balaban J connectivity index is 2.25. The standard InChI is InChI=1S/C12H18O2/c1-8-3-2-4-11(14)12-9(7-13)5-6-10(8)12/h3,9-10,12-13H,2,4-7H2,1H3/t9-,10+,12+/m0/s1. The first-order valence-electron chi connectivity index (χ1n) is 5.54. The van der Waals surface area contributed by atoms with Gasteiger partial charge in [-0.25, -0.2) is 0 Å². The molecule has 0 spiro atoms. The van der Waals surface area contributed by atoms with Gasteiger partial charge in [-0.15, -0.1) is 0 Å². The van der Waals surface area contributed by atoms with Gasteiger partial charge >= 0.3 is 0 Å². The van der Waals surface area contributed by atoms with Crippen molar-refractivity contribution in [2.45, 2.75) is 32.6 Å². The lowest BCUT2D eigenvalue weighted by molar-refractivity contribution is -0.125. The number of allylic oxidation sites excluding steroid dienone is 2. The first-order chi connectivity index (χ1) is 6.74.